The quantitative estimate of drug-likeness (QED) is 0.929. The Kier molecular flexibility index (Phi) is 4.73. The Labute approximate surface area is 115 Å². The predicted octanol–water partition coefficient (Wildman–Crippen LogP) is 3.27. The van der Waals surface area contributed by atoms with E-state index in [0.29, 0.717) is 10.2 Å². The van der Waals surface area contributed by atoms with Gasteiger partial charge in [0.1, 0.15) is 11.6 Å². The molecule has 0 saturated heterocycles. The highest BCUT2D eigenvalue weighted by Crippen LogP contribution is 2.22. The molecule has 1 amide bonds. The van der Waals surface area contributed by atoms with Crippen molar-refractivity contribution in [3.8, 4) is 5.75 Å². The van der Waals surface area contributed by atoms with Gasteiger partial charge in [-0.15, -0.1) is 0 Å². The largest absolute Gasteiger partial charge is 0.481 e. The van der Waals surface area contributed by atoms with Gasteiger partial charge in [0, 0.05) is 5.54 Å². The van der Waals surface area contributed by atoms with Crippen molar-refractivity contribution in [1.29, 1.82) is 0 Å². The number of rotatable bonds is 3. The summed E-state index contributed by atoms with van der Waals surface area (Å²) in [7, 11) is 0. The van der Waals surface area contributed by atoms with Crippen molar-refractivity contribution in [2.75, 3.05) is 0 Å². The van der Waals surface area contributed by atoms with E-state index in [0.717, 1.165) is 0 Å². The Morgan fingerprint density at radius 1 is 1.44 bits per heavy atom. The van der Waals surface area contributed by atoms with Gasteiger partial charge >= 0.3 is 0 Å². The van der Waals surface area contributed by atoms with Crippen molar-refractivity contribution in [3.05, 3.63) is 28.5 Å². The van der Waals surface area contributed by atoms with E-state index in [4.69, 9.17) is 4.74 Å². The zero-order chi connectivity index (χ0) is 13.9. The maximum atomic E-state index is 13.0. The molecule has 5 heteroatoms. The Hall–Kier alpha value is -1.10. The van der Waals surface area contributed by atoms with Crippen LogP contribution in [0, 0.1) is 5.82 Å². The average Bonchev–Trinajstić information content (AvgIpc) is 2.21. The number of hydrogen-bond donors (Lipinski definition) is 1. The van der Waals surface area contributed by atoms with E-state index in [9.17, 15) is 9.18 Å². The first-order valence-electron chi connectivity index (χ1n) is 5.63. The van der Waals surface area contributed by atoms with E-state index >= 15 is 0 Å². The normalized spacial score (nSPS) is 13.0. The molecule has 0 radical (unpaired) electrons. The lowest BCUT2D eigenvalue weighted by Crippen LogP contribution is -2.46. The third-order valence-corrected chi connectivity index (χ3v) is 2.68. The van der Waals surface area contributed by atoms with Crippen LogP contribution in [-0.2, 0) is 4.79 Å². The molecule has 0 aromatic heterocycles. The van der Waals surface area contributed by atoms with Crippen LogP contribution in [-0.4, -0.2) is 17.6 Å². The predicted molar refractivity (Wildman–Crippen MR) is 72.1 cm³/mol. The van der Waals surface area contributed by atoms with E-state index in [1.54, 1.807) is 6.92 Å². The number of halogens is 2. The topological polar surface area (TPSA) is 38.3 Å². The van der Waals surface area contributed by atoms with Crippen LogP contribution in [0.4, 0.5) is 4.39 Å². The van der Waals surface area contributed by atoms with Crippen molar-refractivity contribution in [2.45, 2.75) is 39.3 Å². The van der Waals surface area contributed by atoms with Gasteiger partial charge in [-0.05, 0) is 61.8 Å². The maximum absolute atomic E-state index is 13.0. The molecule has 0 aliphatic carbocycles. The highest BCUT2D eigenvalue weighted by molar-refractivity contribution is 9.10. The minimum absolute atomic E-state index is 0.206. The fourth-order valence-electron chi connectivity index (χ4n) is 1.28. The molecular weight excluding hydrogens is 301 g/mol. The first-order valence-corrected chi connectivity index (χ1v) is 6.42. The van der Waals surface area contributed by atoms with Crippen LogP contribution in [0.5, 0.6) is 5.75 Å². The number of carbonyl (C=O) groups is 1. The van der Waals surface area contributed by atoms with Crippen molar-refractivity contribution in [1.82, 2.24) is 5.32 Å². The first-order chi connectivity index (χ1) is 8.19. The molecule has 1 N–H and O–H groups in total. The second-order valence-electron chi connectivity index (χ2n) is 5.08. The summed E-state index contributed by atoms with van der Waals surface area (Å²) in [6.45, 7) is 7.34. The lowest BCUT2D eigenvalue weighted by Gasteiger charge is -2.23. The van der Waals surface area contributed by atoms with Gasteiger partial charge in [-0.1, -0.05) is 0 Å². The Bertz CT molecular complexity index is 443. The molecule has 0 bridgehead atoms. The van der Waals surface area contributed by atoms with Crippen molar-refractivity contribution < 1.29 is 13.9 Å². The van der Waals surface area contributed by atoms with E-state index in [-0.39, 0.29) is 17.3 Å². The number of carbonyl (C=O) groups excluding carboxylic acids is 1. The van der Waals surface area contributed by atoms with Crippen LogP contribution in [0.1, 0.15) is 27.7 Å². The molecular formula is C13H17BrFNO2. The molecule has 3 nitrogen and oxygen atoms in total. The Balaban J connectivity index is 2.66. The van der Waals surface area contributed by atoms with Gasteiger partial charge in [0.2, 0.25) is 0 Å². The zero-order valence-electron chi connectivity index (χ0n) is 10.9. The summed E-state index contributed by atoms with van der Waals surface area (Å²) in [6.07, 6.45) is -0.637. The number of ether oxygens (including phenoxy) is 1. The fraction of sp³-hybridized carbons (Fsp3) is 0.462. The number of benzene rings is 1. The second-order valence-corrected chi connectivity index (χ2v) is 5.93. The van der Waals surface area contributed by atoms with Gasteiger partial charge in [-0.2, -0.15) is 0 Å². The van der Waals surface area contributed by atoms with Crippen LogP contribution >= 0.6 is 15.9 Å². The summed E-state index contributed by atoms with van der Waals surface area (Å²) in [5, 5.41) is 2.82. The summed E-state index contributed by atoms with van der Waals surface area (Å²) in [4.78, 5) is 11.8. The van der Waals surface area contributed by atoms with Gasteiger partial charge in [0.25, 0.3) is 5.91 Å². The highest BCUT2D eigenvalue weighted by atomic mass is 79.9. The van der Waals surface area contributed by atoms with Gasteiger partial charge in [-0.25, -0.2) is 4.39 Å². The van der Waals surface area contributed by atoms with E-state index in [2.05, 4.69) is 21.2 Å². The standard InChI is InChI=1S/C13H17BrFNO2/c1-8(12(17)16-13(2,3)4)18-9-5-6-11(15)10(14)7-9/h5-8H,1-4H3,(H,16,17). The summed E-state index contributed by atoms with van der Waals surface area (Å²) < 4.78 is 18.8. The molecule has 0 spiro atoms. The number of nitrogens with one attached hydrogen (secondary N) is 1. The van der Waals surface area contributed by atoms with Gasteiger partial charge < -0.3 is 10.1 Å². The molecule has 0 aliphatic heterocycles. The third kappa shape index (κ3) is 4.64. The zero-order valence-corrected chi connectivity index (χ0v) is 12.5. The fourth-order valence-corrected chi connectivity index (χ4v) is 1.64. The summed E-state index contributed by atoms with van der Waals surface area (Å²) in [6, 6.07) is 4.27. The van der Waals surface area contributed by atoms with Crippen LogP contribution in [0.2, 0.25) is 0 Å². The smallest absolute Gasteiger partial charge is 0.261 e. The number of amides is 1. The van der Waals surface area contributed by atoms with Crippen LogP contribution in [0.15, 0.2) is 22.7 Å². The molecule has 1 unspecified atom stereocenters. The van der Waals surface area contributed by atoms with Crippen LogP contribution in [0.25, 0.3) is 0 Å². The Morgan fingerprint density at radius 2 is 2.06 bits per heavy atom. The molecule has 1 rings (SSSR count). The molecule has 100 valence electrons. The van der Waals surface area contributed by atoms with Crippen LogP contribution in [0.3, 0.4) is 0 Å². The Morgan fingerprint density at radius 3 is 2.56 bits per heavy atom. The molecule has 18 heavy (non-hydrogen) atoms. The van der Waals surface area contributed by atoms with Crippen molar-refractivity contribution >= 4 is 21.8 Å². The van der Waals surface area contributed by atoms with Crippen LogP contribution < -0.4 is 10.1 Å². The van der Waals surface area contributed by atoms with E-state index in [1.165, 1.54) is 18.2 Å². The average molecular weight is 318 g/mol. The summed E-state index contributed by atoms with van der Waals surface area (Å²) in [5.41, 5.74) is -0.307. The lowest BCUT2D eigenvalue weighted by atomic mass is 10.1. The highest BCUT2D eigenvalue weighted by Gasteiger charge is 2.20. The molecule has 0 aliphatic rings. The lowest BCUT2D eigenvalue weighted by molar-refractivity contribution is -0.128. The molecule has 0 fully saturated rings. The molecule has 0 heterocycles. The van der Waals surface area contributed by atoms with Gasteiger partial charge in [0.05, 0.1) is 4.47 Å². The maximum Gasteiger partial charge on any atom is 0.261 e. The first kappa shape index (κ1) is 15.0. The number of hydrogen-bond acceptors (Lipinski definition) is 2. The van der Waals surface area contributed by atoms with E-state index in [1.807, 2.05) is 20.8 Å². The second kappa shape index (κ2) is 5.69. The minimum atomic E-state index is -0.637. The third-order valence-electron chi connectivity index (χ3n) is 2.07. The van der Waals surface area contributed by atoms with Crippen molar-refractivity contribution in [2.24, 2.45) is 0 Å². The summed E-state index contributed by atoms with van der Waals surface area (Å²) >= 11 is 3.07. The monoisotopic (exact) mass is 317 g/mol. The SMILES string of the molecule is CC(Oc1ccc(F)c(Br)c1)C(=O)NC(C)(C)C. The molecule has 1 aromatic carbocycles. The van der Waals surface area contributed by atoms with E-state index < -0.39 is 6.10 Å². The molecule has 1 aromatic rings. The van der Waals surface area contributed by atoms with Gasteiger partial charge in [0.15, 0.2) is 6.10 Å². The molecule has 0 saturated carbocycles. The van der Waals surface area contributed by atoms with Crippen molar-refractivity contribution in [3.63, 3.8) is 0 Å². The molecule has 1 atom stereocenters. The minimum Gasteiger partial charge on any atom is -0.481 e. The summed E-state index contributed by atoms with van der Waals surface area (Å²) in [5.74, 6) is -0.128. The van der Waals surface area contributed by atoms with Gasteiger partial charge in [-0.3, -0.25) is 4.79 Å².